The molecule has 1 saturated carbocycles. The summed E-state index contributed by atoms with van der Waals surface area (Å²) in [5.74, 6) is -0.381. The molecule has 0 radical (unpaired) electrons. The normalized spacial score (nSPS) is 16.2. The zero-order chi connectivity index (χ0) is 27.0. The van der Waals surface area contributed by atoms with Gasteiger partial charge in [0.1, 0.15) is 12.1 Å². The van der Waals surface area contributed by atoms with Gasteiger partial charge in [0, 0.05) is 39.8 Å². The van der Waals surface area contributed by atoms with Gasteiger partial charge in [0.25, 0.3) is 0 Å². The summed E-state index contributed by atoms with van der Waals surface area (Å²) in [4.78, 5) is 33.3. The Hall–Kier alpha value is -3.27. The Morgan fingerprint density at radius 1 is 1.28 bits per heavy atom. The molecular formula is C22H25BrN6O3. The average Bonchev–Trinajstić information content (AvgIpc) is 3.53. The highest BCUT2D eigenvalue weighted by Crippen LogP contribution is 2.37. The molecule has 9 nitrogen and oxygen atoms in total. The van der Waals surface area contributed by atoms with Crippen LogP contribution in [0.25, 0.3) is 11.4 Å². The van der Waals surface area contributed by atoms with E-state index in [1.54, 1.807) is 18.2 Å². The molecule has 2 N–H and O–H groups in total. The highest BCUT2D eigenvalue weighted by Gasteiger charge is 2.30. The Kier molecular flexibility index (Phi) is 5.07. The number of rotatable bonds is 8. The van der Waals surface area contributed by atoms with Gasteiger partial charge >= 0.3 is 0 Å². The fourth-order valence-corrected chi connectivity index (χ4v) is 3.08. The van der Waals surface area contributed by atoms with Crippen LogP contribution in [0.3, 0.4) is 0 Å². The number of ketones is 1. The Balaban J connectivity index is 0.00000400. The summed E-state index contributed by atoms with van der Waals surface area (Å²) in [6, 6.07) is 6.37. The summed E-state index contributed by atoms with van der Waals surface area (Å²) in [6.45, 7) is -5.00. The fraction of sp³-hybridized carbons (Fsp3) is 0.318. The van der Waals surface area contributed by atoms with Crippen LogP contribution in [0.1, 0.15) is 44.7 Å². The van der Waals surface area contributed by atoms with E-state index in [0.717, 1.165) is 23.9 Å². The first-order chi connectivity index (χ1) is 17.4. The second kappa shape index (κ2) is 9.90. The van der Waals surface area contributed by atoms with Crippen LogP contribution < -0.4 is 15.4 Å². The lowest BCUT2D eigenvalue weighted by Crippen LogP contribution is -2.15. The maximum Gasteiger partial charge on any atom is 0.228 e. The molecule has 4 rings (SSSR count). The molecule has 0 unspecified atom stereocenters. The minimum absolute atomic E-state index is 0. The third-order valence-corrected chi connectivity index (χ3v) is 4.79. The van der Waals surface area contributed by atoms with Crippen LogP contribution >= 0.6 is 17.0 Å². The minimum atomic E-state index is -2.51. The third-order valence-electron chi connectivity index (χ3n) is 4.79. The number of Topliss-reactive ketones (excluding diaryl/α,β-unsaturated/α-hetero) is 1. The zero-order valence-electron chi connectivity index (χ0n) is 23.1. The van der Waals surface area contributed by atoms with Gasteiger partial charge in [0.15, 0.2) is 17.4 Å². The predicted octanol–water partition coefficient (Wildman–Crippen LogP) is 4.15. The largest absolute Gasteiger partial charge is 0.494 e. The number of hydrogen-bond donors (Lipinski definition) is 2. The van der Waals surface area contributed by atoms with Crippen molar-refractivity contribution < 1.29 is 22.6 Å². The van der Waals surface area contributed by atoms with Crippen molar-refractivity contribution in [3.8, 4) is 17.1 Å². The van der Waals surface area contributed by atoms with Crippen molar-refractivity contribution in [2.24, 2.45) is 12.9 Å². The van der Waals surface area contributed by atoms with E-state index in [9.17, 15) is 9.59 Å². The third kappa shape index (κ3) is 4.96. The average molecular weight is 507 g/mol. The van der Waals surface area contributed by atoms with Crippen molar-refractivity contribution in [2.45, 2.75) is 26.1 Å². The van der Waals surface area contributed by atoms with Gasteiger partial charge in [-0.05, 0) is 25.0 Å². The lowest BCUT2D eigenvalue weighted by molar-refractivity contribution is -0.117. The fourth-order valence-electron chi connectivity index (χ4n) is 3.08. The molecule has 0 saturated heterocycles. The highest BCUT2D eigenvalue weighted by molar-refractivity contribution is 8.93. The number of hydrogen-bond acceptors (Lipinski definition) is 7. The maximum absolute atomic E-state index is 12.8. The number of benzene rings is 1. The minimum Gasteiger partial charge on any atom is -0.494 e. The molecule has 0 aliphatic heterocycles. The van der Waals surface area contributed by atoms with E-state index in [1.165, 1.54) is 19.4 Å². The molecule has 2 aromatic heterocycles. The number of carbonyl (C=O) groups excluding carboxylic acids is 2. The van der Waals surface area contributed by atoms with Crippen LogP contribution in [-0.2, 0) is 11.8 Å². The number of halogens is 1. The van der Waals surface area contributed by atoms with Crippen LogP contribution in [-0.4, -0.2) is 38.5 Å². The van der Waals surface area contributed by atoms with Crippen molar-refractivity contribution in [3.63, 3.8) is 0 Å². The summed E-state index contributed by atoms with van der Waals surface area (Å²) < 4.78 is 51.2. The second-order valence-corrected chi connectivity index (χ2v) is 7.00. The van der Waals surface area contributed by atoms with Crippen LogP contribution in [0.15, 0.2) is 36.8 Å². The zero-order valence-corrected chi connectivity index (χ0v) is 18.8. The summed E-state index contributed by atoms with van der Waals surface area (Å²) in [5.41, 5.74) is 0.950. The molecule has 2 heterocycles. The maximum atomic E-state index is 12.8. The number of methoxy groups -OCH3 is 1. The number of aryl methyl sites for hydroxylation is 1. The van der Waals surface area contributed by atoms with Crippen molar-refractivity contribution in [1.29, 1.82) is 0 Å². The van der Waals surface area contributed by atoms with Gasteiger partial charge < -0.3 is 15.4 Å². The van der Waals surface area contributed by atoms with Crippen molar-refractivity contribution in [3.05, 3.63) is 42.4 Å². The number of nitrogens with one attached hydrogen (secondary N) is 2. The van der Waals surface area contributed by atoms with Gasteiger partial charge in [0.2, 0.25) is 5.91 Å². The van der Waals surface area contributed by atoms with Gasteiger partial charge in [0.05, 0.1) is 29.6 Å². The molecule has 10 heteroatoms. The number of carbonyl (C=O) groups is 2. The van der Waals surface area contributed by atoms with Gasteiger partial charge in [-0.3, -0.25) is 14.3 Å². The molecule has 1 aliphatic carbocycles. The smallest absolute Gasteiger partial charge is 0.228 e. The lowest BCUT2D eigenvalue weighted by Gasteiger charge is -2.16. The first-order valence-corrected chi connectivity index (χ1v) is 9.56. The summed E-state index contributed by atoms with van der Waals surface area (Å²) in [5, 5.41) is 9.80. The Morgan fingerprint density at radius 3 is 2.81 bits per heavy atom. The molecule has 1 fully saturated rings. The molecule has 0 bridgehead atoms. The van der Waals surface area contributed by atoms with Crippen LogP contribution in [0.2, 0.25) is 0 Å². The number of aromatic nitrogens is 4. The molecule has 0 spiro atoms. The Bertz CT molecular complexity index is 1340. The number of ether oxygens (including phenoxy) is 1. The van der Waals surface area contributed by atoms with E-state index in [4.69, 9.17) is 13.0 Å². The van der Waals surface area contributed by atoms with E-state index in [-0.39, 0.29) is 57.4 Å². The van der Waals surface area contributed by atoms with Gasteiger partial charge in [-0.15, -0.1) is 17.0 Å². The first-order valence-electron chi connectivity index (χ1n) is 12.6. The SMILES string of the molecule is Br.[2H]C([2H])([2H])CC(=O)c1cnc(NC(=O)C2CC2)cc1Nc1cccc(-c2ncn(C([2H])([2H])[2H])n2)c1OC. The van der Waals surface area contributed by atoms with Crippen molar-refractivity contribution in [2.75, 3.05) is 17.7 Å². The summed E-state index contributed by atoms with van der Waals surface area (Å²) >= 11 is 0. The second-order valence-electron chi connectivity index (χ2n) is 7.00. The van der Waals surface area contributed by atoms with Crippen LogP contribution in [0.5, 0.6) is 5.75 Å². The number of pyridine rings is 1. The van der Waals surface area contributed by atoms with Crippen molar-refractivity contribution in [1.82, 2.24) is 19.7 Å². The molecule has 1 aromatic carbocycles. The Labute approximate surface area is 204 Å². The number of anilines is 3. The van der Waals surface area contributed by atoms with E-state index in [1.807, 2.05) is 0 Å². The summed E-state index contributed by atoms with van der Waals surface area (Å²) in [6.07, 6.45) is 3.19. The topological polar surface area (TPSA) is 111 Å². The number of nitrogens with zero attached hydrogens (tertiary/aromatic N) is 4. The monoisotopic (exact) mass is 506 g/mol. The number of amides is 1. The van der Waals surface area contributed by atoms with Gasteiger partial charge in [-0.2, -0.15) is 5.10 Å². The van der Waals surface area contributed by atoms with Gasteiger partial charge in [-0.25, -0.2) is 9.97 Å². The molecule has 1 aliphatic rings. The molecule has 32 heavy (non-hydrogen) atoms. The molecule has 0 atom stereocenters. The predicted molar refractivity (Wildman–Crippen MR) is 127 cm³/mol. The lowest BCUT2D eigenvalue weighted by atomic mass is 10.1. The van der Waals surface area contributed by atoms with Crippen LogP contribution in [0.4, 0.5) is 17.2 Å². The summed E-state index contributed by atoms with van der Waals surface area (Å²) in [7, 11) is 1.40. The quantitative estimate of drug-likeness (QED) is 0.441. The molecule has 1 amide bonds. The molecule has 168 valence electrons. The van der Waals surface area contributed by atoms with E-state index < -0.39 is 26.0 Å². The highest BCUT2D eigenvalue weighted by atomic mass is 79.9. The number of para-hydroxylation sites is 1. The molecular weight excluding hydrogens is 476 g/mol. The molecule has 3 aromatic rings. The van der Waals surface area contributed by atoms with E-state index >= 15 is 0 Å². The standard InChI is InChI=1S/C22H24N6O3.BrH/c1-4-18(29)15-11-23-19(26-22(30)13-8-9-13)10-17(15)25-16-7-5-6-14(20(16)31-3)21-24-12-28(2)27-21;/h5-7,10-13H,4,8-9H2,1-3H3,(H2,23,25,26,30);1H/i1D3,2D3;. The van der Waals surface area contributed by atoms with Crippen molar-refractivity contribution >= 4 is 45.9 Å². The van der Waals surface area contributed by atoms with E-state index in [2.05, 4.69) is 25.7 Å². The van der Waals surface area contributed by atoms with E-state index in [0.29, 0.717) is 11.3 Å². The van der Waals surface area contributed by atoms with Gasteiger partial charge in [-0.1, -0.05) is 12.9 Å². The first kappa shape index (κ1) is 16.4. The van der Waals surface area contributed by atoms with Crippen LogP contribution in [0, 0.1) is 5.92 Å². The Morgan fingerprint density at radius 2 is 2.12 bits per heavy atom.